The van der Waals surface area contributed by atoms with E-state index in [0.717, 1.165) is 17.3 Å². The van der Waals surface area contributed by atoms with Gasteiger partial charge in [0, 0.05) is 13.1 Å². The van der Waals surface area contributed by atoms with Gasteiger partial charge in [-0.2, -0.15) is 13.1 Å². The zero-order valence-electron chi connectivity index (χ0n) is 11.9. The second-order valence-electron chi connectivity index (χ2n) is 5.36. The van der Waals surface area contributed by atoms with Crippen molar-refractivity contribution in [3.63, 3.8) is 0 Å². The van der Waals surface area contributed by atoms with Gasteiger partial charge in [-0.3, -0.25) is 4.79 Å². The molecule has 7 nitrogen and oxygen atoms in total. The summed E-state index contributed by atoms with van der Waals surface area (Å²) in [6.07, 6.45) is 0.664. The zero-order chi connectivity index (χ0) is 15.9. The van der Waals surface area contributed by atoms with Gasteiger partial charge in [0.2, 0.25) is 10.0 Å². The molecule has 0 unspecified atom stereocenters. The van der Waals surface area contributed by atoms with Crippen molar-refractivity contribution in [2.75, 3.05) is 13.1 Å². The van der Waals surface area contributed by atoms with Crippen LogP contribution >= 0.6 is 11.7 Å². The molecule has 1 fully saturated rings. The highest BCUT2D eigenvalue weighted by Gasteiger charge is 2.33. The van der Waals surface area contributed by atoms with Crippen molar-refractivity contribution in [2.45, 2.75) is 24.7 Å². The van der Waals surface area contributed by atoms with Crippen LogP contribution in [0.1, 0.15) is 18.4 Å². The van der Waals surface area contributed by atoms with Crippen LogP contribution in [0.5, 0.6) is 0 Å². The van der Waals surface area contributed by atoms with E-state index >= 15 is 0 Å². The molecule has 1 aromatic heterocycles. The number of aliphatic carboxylic acids is 1. The Kier molecular flexibility index (Phi) is 3.87. The molecule has 0 atom stereocenters. The van der Waals surface area contributed by atoms with Crippen molar-refractivity contribution < 1.29 is 18.3 Å². The average molecular weight is 341 g/mol. The topological polar surface area (TPSA) is 100 Å². The summed E-state index contributed by atoms with van der Waals surface area (Å²) >= 11 is 0.988. The third-order valence-corrected chi connectivity index (χ3v) is 6.46. The standard InChI is InChI=1S/C13H15N3O4S2/c1-8-2-3-10(12-11(8)14-21-15-12)22(19,20)16-6-4-9(5-7-16)13(17)18/h2-3,9H,4-7H2,1H3,(H,17,18). The molecule has 3 rings (SSSR count). The smallest absolute Gasteiger partial charge is 0.306 e. The Bertz CT molecular complexity index is 823. The van der Waals surface area contributed by atoms with Gasteiger partial charge < -0.3 is 5.11 Å². The normalized spacial score (nSPS) is 17.9. The fourth-order valence-corrected chi connectivity index (χ4v) is 4.93. The van der Waals surface area contributed by atoms with Crippen LogP contribution in [0.4, 0.5) is 0 Å². The summed E-state index contributed by atoms with van der Waals surface area (Å²) in [6.45, 7) is 2.29. The van der Waals surface area contributed by atoms with Crippen LogP contribution in [0.3, 0.4) is 0 Å². The Hall–Kier alpha value is -1.58. The molecule has 1 N–H and O–H groups in total. The van der Waals surface area contributed by atoms with Crippen molar-refractivity contribution in [3.05, 3.63) is 17.7 Å². The number of benzene rings is 1. The van der Waals surface area contributed by atoms with Gasteiger partial charge in [-0.1, -0.05) is 6.07 Å². The number of aromatic nitrogens is 2. The molecule has 0 spiro atoms. The van der Waals surface area contributed by atoms with Crippen molar-refractivity contribution in [1.29, 1.82) is 0 Å². The van der Waals surface area contributed by atoms with Gasteiger partial charge in [-0.25, -0.2) is 8.42 Å². The third kappa shape index (κ3) is 2.49. The maximum atomic E-state index is 12.8. The minimum Gasteiger partial charge on any atom is -0.481 e. The second-order valence-corrected chi connectivity index (χ2v) is 7.79. The summed E-state index contributed by atoms with van der Waals surface area (Å²) < 4.78 is 35.2. The van der Waals surface area contributed by atoms with E-state index in [1.807, 2.05) is 6.92 Å². The third-order valence-electron chi connectivity index (χ3n) is 4.00. The minimum absolute atomic E-state index is 0.149. The Balaban J connectivity index is 1.95. The number of nitrogens with zero attached hydrogens (tertiary/aromatic N) is 3. The number of aryl methyl sites for hydroxylation is 1. The molecule has 1 aliphatic rings. The van der Waals surface area contributed by atoms with Crippen LogP contribution in [0.25, 0.3) is 11.0 Å². The van der Waals surface area contributed by atoms with Gasteiger partial charge in [0.15, 0.2) is 0 Å². The van der Waals surface area contributed by atoms with E-state index in [-0.39, 0.29) is 18.0 Å². The minimum atomic E-state index is -3.68. The highest BCUT2D eigenvalue weighted by molar-refractivity contribution is 7.89. The highest BCUT2D eigenvalue weighted by Crippen LogP contribution is 2.29. The van der Waals surface area contributed by atoms with Gasteiger partial charge in [0.1, 0.15) is 15.9 Å². The Morgan fingerprint density at radius 1 is 1.27 bits per heavy atom. The number of hydrogen-bond acceptors (Lipinski definition) is 6. The molecule has 22 heavy (non-hydrogen) atoms. The number of fused-ring (bicyclic) bond motifs is 1. The molecule has 1 aliphatic heterocycles. The lowest BCUT2D eigenvalue weighted by molar-refractivity contribution is -0.142. The van der Waals surface area contributed by atoms with Crippen LogP contribution in [0, 0.1) is 12.8 Å². The van der Waals surface area contributed by atoms with Gasteiger partial charge in [0.05, 0.1) is 17.6 Å². The van der Waals surface area contributed by atoms with Crippen LogP contribution in [-0.2, 0) is 14.8 Å². The molecule has 0 amide bonds. The van der Waals surface area contributed by atoms with Crippen molar-refractivity contribution in [2.24, 2.45) is 5.92 Å². The van der Waals surface area contributed by atoms with Crippen LogP contribution < -0.4 is 0 Å². The van der Waals surface area contributed by atoms with E-state index in [9.17, 15) is 13.2 Å². The molecular weight excluding hydrogens is 326 g/mol. The number of carboxylic acids is 1. The molecule has 0 bridgehead atoms. The predicted molar refractivity (Wildman–Crippen MR) is 81.3 cm³/mol. The summed E-state index contributed by atoms with van der Waals surface area (Å²) in [6, 6.07) is 3.28. The van der Waals surface area contributed by atoms with Crippen LogP contribution in [0.15, 0.2) is 17.0 Å². The molecule has 2 aromatic rings. The molecular formula is C13H15N3O4S2. The highest BCUT2D eigenvalue weighted by atomic mass is 32.2. The lowest BCUT2D eigenvalue weighted by atomic mass is 9.99. The van der Waals surface area contributed by atoms with E-state index in [0.29, 0.717) is 23.9 Å². The van der Waals surface area contributed by atoms with E-state index in [1.165, 1.54) is 4.31 Å². The Morgan fingerprint density at radius 3 is 2.55 bits per heavy atom. The van der Waals surface area contributed by atoms with E-state index in [2.05, 4.69) is 8.75 Å². The van der Waals surface area contributed by atoms with E-state index in [1.54, 1.807) is 12.1 Å². The number of sulfonamides is 1. The molecule has 118 valence electrons. The summed E-state index contributed by atoms with van der Waals surface area (Å²) in [5.41, 5.74) is 1.88. The molecule has 1 saturated heterocycles. The number of rotatable bonds is 3. The summed E-state index contributed by atoms with van der Waals surface area (Å²) in [5, 5.41) is 9.00. The molecule has 9 heteroatoms. The van der Waals surface area contributed by atoms with Gasteiger partial charge in [-0.15, -0.1) is 0 Å². The quantitative estimate of drug-likeness (QED) is 0.907. The maximum Gasteiger partial charge on any atom is 0.306 e. The molecule has 0 aliphatic carbocycles. The van der Waals surface area contributed by atoms with E-state index < -0.39 is 21.9 Å². The van der Waals surface area contributed by atoms with Crippen molar-refractivity contribution >= 4 is 38.8 Å². The lowest BCUT2D eigenvalue weighted by Crippen LogP contribution is -2.40. The number of hydrogen-bond donors (Lipinski definition) is 1. The monoisotopic (exact) mass is 341 g/mol. The first-order valence-electron chi connectivity index (χ1n) is 6.86. The summed E-state index contributed by atoms with van der Waals surface area (Å²) in [7, 11) is -3.68. The zero-order valence-corrected chi connectivity index (χ0v) is 13.5. The number of carboxylic acid groups (broad SMARTS) is 1. The number of piperidine rings is 1. The Morgan fingerprint density at radius 2 is 1.91 bits per heavy atom. The fourth-order valence-electron chi connectivity index (χ4n) is 2.66. The number of carbonyl (C=O) groups is 1. The van der Waals surface area contributed by atoms with Crippen molar-refractivity contribution in [3.8, 4) is 0 Å². The summed E-state index contributed by atoms with van der Waals surface area (Å²) in [4.78, 5) is 11.1. The first-order valence-corrected chi connectivity index (χ1v) is 9.03. The molecule has 0 radical (unpaired) electrons. The average Bonchev–Trinajstić information content (AvgIpc) is 2.97. The fraction of sp³-hybridized carbons (Fsp3) is 0.462. The van der Waals surface area contributed by atoms with Crippen molar-refractivity contribution in [1.82, 2.24) is 13.1 Å². The maximum absolute atomic E-state index is 12.8. The first kappa shape index (κ1) is 15.3. The van der Waals surface area contributed by atoms with Gasteiger partial charge >= 0.3 is 5.97 Å². The molecule has 0 saturated carbocycles. The second kappa shape index (κ2) is 5.56. The van der Waals surface area contributed by atoms with Crippen LogP contribution in [-0.4, -0.2) is 45.6 Å². The Labute approximate surface area is 132 Å². The lowest BCUT2D eigenvalue weighted by Gasteiger charge is -2.29. The predicted octanol–water partition coefficient (Wildman–Crippen LogP) is 1.49. The SMILES string of the molecule is Cc1ccc(S(=O)(=O)N2CCC(C(=O)O)CC2)c2nsnc12. The largest absolute Gasteiger partial charge is 0.481 e. The summed E-state index contributed by atoms with van der Waals surface area (Å²) in [5.74, 6) is -1.33. The van der Waals surface area contributed by atoms with Crippen LogP contribution in [0.2, 0.25) is 0 Å². The van der Waals surface area contributed by atoms with Gasteiger partial charge in [0.25, 0.3) is 0 Å². The molecule has 2 heterocycles. The van der Waals surface area contributed by atoms with Gasteiger partial charge in [-0.05, 0) is 31.4 Å². The molecule has 1 aromatic carbocycles. The van der Waals surface area contributed by atoms with E-state index in [4.69, 9.17) is 5.11 Å². The first-order chi connectivity index (χ1) is 10.4.